The molecule has 1 saturated heterocycles. The second-order valence-corrected chi connectivity index (χ2v) is 4.86. The number of amides is 1. The van der Waals surface area contributed by atoms with Crippen molar-refractivity contribution in [2.24, 2.45) is 5.92 Å². The minimum Gasteiger partial charge on any atom is -0.469 e. The Kier molecular flexibility index (Phi) is 4.62. The van der Waals surface area contributed by atoms with Gasteiger partial charge in [-0.15, -0.1) is 0 Å². The molecule has 1 aliphatic heterocycles. The second-order valence-electron chi connectivity index (χ2n) is 4.42. The topological polar surface area (TPSA) is 55.8 Å². The van der Waals surface area contributed by atoms with E-state index in [0.29, 0.717) is 0 Å². The van der Waals surface area contributed by atoms with Gasteiger partial charge in [0.1, 0.15) is 5.75 Å². The van der Waals surface area contributed by atoms with Crippen LogP contribution < -0.4 is 9.64 Å². The highest BCUT2D eigenvalue weighted by Crippen LogP contribution is 2.36. The Balaban J connectivity index is 2.30. The minimum atomic E-state index is -3.03. The van der Waals surface area contributed by atoms with Gasteiger partial charge in [-0.1, -0.05) is 11.6 Å². The molecule has 0 radical (unpaired) electrons. The molecule has 1 fully saturated rings. The Bertz CT molecular complexity index is 567. The summed E-state index contributed by atoms with van der Waals surface area (Å²) in [5.74, 6) is -1.72. The zero-order chi connectivity index (χ0) is 15.6. The van der Waals surface area contributed by atoms with Crippen LogP contribution in [-0.4, -0.2) is 32.1 Å². The first-order valence-electron chi connectivity index (χ1n) is 6.05. The Morgan fingerprint density at radius 3 is 2.81 bits per heavy atom. The van der Waals surface area contributed by atoms with Gasteiger partial charge >= 0.3 is 12.6 Å². The van der Waals surface area contributed by atoms with Crippen LogP contribution in [0.2, 0.25) is 5.02 Å². The van der Waals surface area contributed by atoms with Crippen molar-refractivity contribution in [2.75, 3.05) is 18.6 Å². The van der Waals surface area contributed by atoms with E-state index in [4.69, 9.17) is 11.6 Å². The van der Waals surface area contributed by atoms with Crippen LogP contribution in [0.4, 0.5) is 14.5 Å². The van der Waals surface area contributed by atoms with Crippen LogP contribution >= 0.6 is 11.6 Å². The number of rotatable bonds is 4. The standard InChI is InChI=1S/C13H12ClF2NO4/c1-20-12(19)7-4-11(18)17(6-7)9-5-8(14)2-3-10(9)21-13(15)16/h2-3,5,7,13H,4,6H2,1H3. The summed E-state index contributed by atoms with van der Waals surface area (Å²) in [5, 5.41) is 0.265. The van der Waals surface area contributed by atoms with Crippen LogP contribution in [0.1, 0.15) is 6.42 Å². The fraction of sp³-hybridized carbons (Fsp3) is 0.385. The molecule has 1 atom stereocenters. The number of esters is 1. The van der Waals surface area contributed by atoms with Crippen molar-refractivity contribution in [1.29, 1.82) is 0 Å². The normalized spacial score (nSPS) is 18.2. The van der Waals surface area contributed by atoms with E-state index in [0.717, 1.165) is 0 Å². The molecule has 8 heteroatoms. The van der Waals surface area contributed by atoms with Gasteiger partial charge in [0.25, 0.3) is 0 Å². The molecule has 1 unspecified atom stereocenters. The zero-order valence-corrected chi connectivity index (χ0v) is 11.8. The third kappa shape index (κ3) is 3.41. The van der Waals surface area contributed by atoms with E-state index in [1.165, 1.54) is 30.2 Å². The molecule has 114 valence electrons. The maximum atomic E-state index is 12.4. The summed E-state index contributed by atoms with van der Waals surface area (Å²) in [6.45, 7) is -3.00. The lowest BCUT2D eigenvalue weighted by atomic mass is 10.1. The fourth-order valence-corrected chi connectivity index (χ4v) is 2.33. The van der Waals surface area contributed by atoms with Crippen LogP contribution in [0, 0.1) is 5.92 Å². The average Bonchev–Trinajstić information content (AvgIpc) is 2.81. The Labute approximate surface area is 124 Å². The van der Waals surface area contributed by atoms with Crippen molar-refractivity contribution < 1.29 is 27.8 Å². The molecule has 1 aromatic carbocycles. The molecule has 0 bridgehead atoms. The lowest BCUT2D eigenvalue weighted by molar-refractivity contribution is -0.145. The van der Waals surface area contributed by atoms with Crippen LogP contribution in [-0.2, 0) is 14.3 Å². The van der Waals surface area contributed by atoms with Crippen LogP contribution in [0.5, 0.6) is 5.75 Å². The summed E-state index contributed by atoms with van der Waals surface area (Å²) in [5.41, 5.74) is 0.110. The van der Waals surface area contributed by atoms with E-state index in [-0.39, 0.29) is 35.3 Å². The molecule has 1 amide bonds. The van der Waals surface area contributed by atoms with Gasteiger partial charge in [0.2, 0.25) is 5.91 Å². The SMILES string of the molecule is COC(=O)C1CC(=O)N(c2cc(Cl)ccc2OC(F)F)C1. The molecular weight excluding hydrogens is 308 g/mol. The number of hydrogen-bond acceptors (Lipinski definition) is 4. The molecule has 0 saturated carbocycles. The maximum absolute atomic E-state index is 12.4. The first kappa shape index (κ1) is 15.5. The molecular formula is C13H12ClF2NO4. The van der Waals surface area contributed by atoms with Gasteiger partial charge in [-0.3, -0.25) is 9.59 Å². The first-order chi connectivity index (χ1) is 9.92. The predicted octanol–water partition coefficient (Wildman–Crippen LogP) is 2.47. The number of halogens is 3. The van der Waals surface area contributed by atoms with Crippen molar-refractivity contribution >= 4 is 29.2 Å². The summed E-state index contributed by atoms with van der Waals surface area (Å²) in [6.07, 6.45) is -0.0483. The third-order valence-corrected chi connectivity index (χ3v) is 3.32. The molecule has 1 aromatic rings. The average molecular weight is 320 g/mol. The fourth-order valence-electron chi connectivity index (χ4n) is 2.16. The van der Waals surface area contributed by atoms with Gasteiger partial charge in [-0.25, -0.2) is 0 Å². The zero-order valence-electron chi connectivity index (χ0n) is 11.0. The van der Waals surface area contributed by atoms with Crippen molar-refractivity contribution in [3.8, 4) is 5.75 Å². The van der Waals surface area contributed by atoms with E-state index in [1.807, 2.05) is 0 Å². The highest BCUT2D eigenvalue weighted by molar-refractivity contribution is 6.31. The summed E-state index contributed by atoms with van der Waals surface area (Å²) in [6, 6.07) is 3.97. The summed E-state index contributed by atoms with van der Waals surface area (Å²) < 4.78 is 33.8. The molecule has 1 aliphatic rings. The van der Waals surface area contributed by atoms with E-state index in [1.54, 1.807) is 0 Å². The molecule has 21 heavy (non-hydrogen) atoms. The number of ether oxygens (including phenoxy) is 2. The lowest BCUT2D eigenvalue weighted by Crippen LogP contribution is -2.27. The molecule has 2 rings (SSSR count). The van der Waals surface area contributed by atoms with E-state index in [2.05, 4.69) is 9.47 Å². The largest absolute Gasteiger partial charge is 0.469 e. The smallest absolute Gasteiger partial charge is 0.387 e. The van der Waals surface area contributed by atoms with Crippen LogP contribution in [0.25, 0.3) is 0 Å². The molecule has 0 aromatic heterocycles. The number of anilines is 1. The van der Waals surface area contributed by atoms with Crippen molar-refractivity contribution in [3.05, 3.63) is 23.2 Å². The summed E-state index contributed by atoms with van der Waals surface area (Å²) >= 11 is 5.83. The van der Waals surface area contributed by atoms with Gasteiger partial charge < -0.3 is 14.4 Å². The monoisotopic (exact) mass is 319 g/mol. The van der Waals surface area contributed by atoms with Crippen molar-refractivity contribution in [1.82, 2.24) is 0 Å². The maximum Gasteiger partial charge on any atom is 0.387 e. The number of methoxy groups -OCH3 is 1. The van der Waals surface area contributed by atoms with Gasteiger partial charge in [0.05, 0.1) is 18.7 Å². The molecule has 0 N–H and O–H groups in total. The van der Waals surface area contributed by atoms with Gasteiger partial charge in [0, 0.05) is 18.0 Å². The van der Waals surface area contributed by atoms with Crippen molar-refractivity contribution in [2.45, 2.75) is 13.0 Å². The summed E-state index contributed by atoms with van der Waals surface area (Å²) in [7, 11) is 1.22. The number of nitrogens with zero attached hydrogens (tertiary/aromatic N) is 1. The minimum absolute atomic E-state index is 0.0332. The molecule has 0 spiro atoms. The molecule has 0 aliphatic carbocycles. The van der Waals surface area contributed by atoms with Crippen LogP contribution in [0.3, 0.4) is 0 Å². The number of carbonyl (C=O) groups is 2. The first-order valence-corrected chi connectivity index (χ1v) is 6.42. The van der Waals surface area contributed by atoms with E-state index in [9.17, 15) is 18.4 Å². The van der Waals surface area contributed by atoms with E-state index < -0.39 is 18.5 Å². The number of hydrogen-bond donors (Lipinski definition) is 0. The Morgan fingerprint density at radius 2 is 2.19 bits per heavy atom. The van der Waals surface area contributed by atoms with E-state index >= 15 is 0 Å². The third-order valence-electron chi connectivity index (χ3n) is 3.09. The van der Waals surface area contributed by atoms with Gasteiger partial charge in [0.15, 0.2) is 0 Å². The molecule has 5 nitrogen and oxygen atoms in total. The van der Waals surface area contributed by atoms with Gasteiger partial charge in [-0.2, -0.15) is 8.78 Å². The van der Waals surface area contributed by atoms with Crippen molar-refractivity contribution in [3.63, 3.8) is 0 Å². The van der Waals surface area contributed by atoms with Gasteiger partial charge in [-0.05, 0) is 18.2 Å². The summed E-state index contributed by atoms with van der Waals surface area (Å²) in [4.78, 5) is 24.7. The number of alkyl halides is 2. The lowest BCUT2D eigenvalue weighted by Gasteiger charge is -2.20. The predicted molar refractivity (Wildman–Crippen MR) is 70.6 cm³/mol. The Morgan fingerprint density at radius 1 is 1.48 bits per heavy atom. The highest BCUT2D eigenvalue weighted by Gasteiger charge is 2.37. The Hall–Kier alpha value is -1.89. The second kappa shape index (κ2) is 6.26. The number of benzene rings is 1. The highest BCUT2D eigenvalue weighted by atomic mass is 35.5. The molecule has 1 heterocycles. The quantitative estimate of drug-likeness (QED) is 0.800. The number of carbonyl (C=O) groups excluding carboxylic acids is 2. The van der Waals surface area contributed by atoms with Crippen LogP contribution in [0.15, 0.2) is 18.2 Å².